The van der Waals surface area contributed by atoms with E-state index in [1.54, 1.807) is 12.4 Å². The summed E-state index contributed by atoms with van der Waals surface area (Å²) in [6.07, 6.45) is 3.70. The van der Waals surface area contributed by atoms with E-state index in [2.05, 4.69) is 19.8 Å². The second-order valence-corrected chi connectivity index (χ2v) is 5.69. The van der Waals surface area contributed by atoms with Crippen LogP contribution >= 0.6 is 0 Å². The van der Waals surface area contributed by atoms with E-state index in [9.17, 15) is 4.39 Å². The summed E-state index contributed by atoms with van der Waals surface area (Å²) in [6.45, 7) is 5.73. The Bertz CT molecular complexity index is 527. The van der Waals surface area contributed by atoms with Crippen LogP contribution < -0.4 is 15.4 Å². The average Bonchev–Trinajstić information content (AvgIpc) is 2.56. The van der Waals surface area contributed by atoms with E-state index in [0.29, 0.717) is 29.6 Å². The first-order valence-corrected chi connectivity index (χ1v) is 7.80. The fourth-order valence-electron chi connectivity index (χ4n) is 2.58. The highest BCUT2D eigenvalue weighted by Crippen LogP contribution is 2.17. The summed E-state index contributed by atoms with van der Waals surface area (Å²) in [5, 5.41) is 0. The number of hydrogen-bond acceptors (Lipinski definition) is 7. The number of ether oxygens (including phenoxy) is 2. The maximum absolute atomic E-state index is 12.4. The van der Waals surface area contributed by atoms with Crippen molar-refractivity contribution in [2.45, 2.75) is 6.04 Å². The first-order valence-electron chi connectivity index (χ1n) is 7.80. The zero-order valence-corrected chi connectivity index (χ0v) is 13.0. The number of anilines is 1. The largest absolute Gasteiger partial charge is 0.486 e. The van der Waals surface area contributed by atoms with Crippen LogP contribution in [0.15, 0.2) is 24.3 Å². The number of halogens is 1. The van der Waals surface area contributed by atoms with Gasteiger partial charge >= 0.3 is 0 Å². The molecule has 2 aliphatic heterocycles. The van der Waals surface area contributed by atoms with Crippen molar-refractivity contribution in [1.29, 1.82) is 0 Å². The van der Waals surface area contributed by atoms with Gasteiger partial charge in [0.2, 0.25) is 5.95 Å². The van der Waals surface area contributed by atoms with E-state index >= 15 is 0 Å². The van der Waals surface area contributed by atoms with Gasteiger partial charge in [-0.3, -0.25) is 4.90 Å². The van der Waals surface area contributed by atoms with Crippen molar-refractivity contribution in [2.24, 2.45) is 5.73 Å². The van der Waals surface area contributed by atoms with Crippen molar-refractivity contribution in [3.05, 3.63) is 24.3 Å². The molecule has 0 radical (unpaired) electrons. The molecule has 1 aromatic rings. The molecule has 23 heavy (non-hydrogen) atoms. The van der Waals surface area contributed by atoms with Crippen molar-refractivity contribution in [3.8, 4) is 5.75 Å². The maximum Gasteiger partial charge on any atom is 0.225 e. The normalized spacial score (nSPS) is 20.4. The lowest BCUT2D eigenvalue weighted by atomic mass is 10.2. The predicted molar refractivity (Wildman–Crippen MR) is 84.2 cm³/mol. The molecule has 7 nitrogen and oxygen atoms in total. The van der Waals surface area contributed by atoms with Gasteiger partial charge in [-0.25, -0.2) is 14.4 Å². The molecular formula is C15H22FN5O2. The molecule has 0 aromatic carbocycles. The Kier molecular flexibility index (Phi) is 5.37. The number of piperazine rings is 1. The summed E-state index contributed by atoms with van der Waals surface area (Å²) in [4.78, 5) is 13.3. The van der Waals surface area contributed by atoms with Crippen LogP contribution in [0.2, 0.25) is 0 Å². The lowest BCUT2D eigenvalue weighted by Gasteiger charge is -2.42. The zero-order valence-electron chi connectivity index (χ0n) is 13.0. The van der Waals surface area contributed by atoms with Crippen LogP contribution in [0.25, 0.3) is 0 Å². The van der Waals surface area contributed by atoms with Crippen molar-refractivity contribution in [3.63, 3.8) is 0 Å². The Labute approximate surface area is 134 Å². The molecule has 8 heteroatoms. The van der Waals surface area contributed by atoms with Gasteiger partial charge in [0, 0.05) is 38.3 Å². The number of hydrogen-bond donors (Lipinski definition) is 1. The molecule has 0 spiro atoms. The molecule has 2 fully saturated rings. The molecule has 3 heterocycles. The monoisotopic (exact) mass is 323 g/mol. The molecule has 2 N–H and O–H groups in total. The lowest BCUT2D eigenvalue weighted by molar-refractivity contribution is -0.0661. The van der Waals surface area contributed by atoms with Gasteiger partial charge in [0.1, 0.15) is 6.61 Å². The minimum Gasteiger partial charge on any atom is -0.486 e. The van der Waals surface area contributed by atoms with Crippen LogP contribution in [0.4, 0.5) is 10.3 Å². The molecule has 1 aromatic heterocycles. The molecule has 126 valence electrons. The van der Waals surface area contributed by atoms with Gasteiger partial charge in [-0.15, -0.1) is 0 Å². The van der Waals surface area contributed by atoms with E-state index in [0.717, 1.165) is 39.4 Å². The minimum absolute atomic E-state index is 0.109. The quantitative estimate of drug-likeness (QED) is 0.801. The number of rotatable bonds is 6. The Morgan fingerprint density at radius 3 is 2.52 bits per heavy atom. The molecule has 0 amide bonds. The van der Waals surface area contributed by atoms with Crippen molar-refractivity contribution in [1.82, 2.24) is 14.9 Å². The summed E-state index contributed by atoms with van der Waals surface area (Å²) < 4.78 is 23.1. The van der Waals surface area contributed by atoms with Gasteiger partial charge in [-0.1, -0.05) is 0 Å². The predicted octanol–water partition coefficient (Wildman–Crippen LogP) is 0.188. The van der Waals surface area contributed by atoms with Gasteiger partial charge in [0.05, 0.1) is 38.0 Å². The van der Waals surface area contributed by atoms with Crippen LogP contribution in [0.1, 0.15) is 0 Å². The van der Waals surface area contributed by atoms with Crippen LogP contribution in [0, 0.1) is 0 Å². The highest BCUT2D eigenvalue weighted by Gasteiger charge is 2.29. The molecule has 0 bridgehead atoms. The SMILES string of the molecule is NC/C(=C/F)COc1cnc(N2CCN(C3COC3)CC2)nc1. The maximum atomic E-state index is 12.4. The molecule has 2 saturated heterocycles. The Hall–Kier alpha value is -1.77. The number of aromatic nitrogens is 2. The van der Waals surface area contributed by atoms with E-state index < -0.39 is 0 Å². The van der Waals surface area contributed by atoms with Gasteiger partial charge in [0.25, 0.3) is 0 Å². The Balaban J connectivity index is 1.49. The van der Waals surface area contributed by atoms with Crippen LogP contribution in [-0.4, -0.2) is 73.5 Å². The summed E-state index contributed by atoms with van der Waals surface area (Å²) in [6, 6.07) is 0.578. The van der Waals surface area contributed by atoms with Gasteiger partial charge in [0.15, 0.2) is 5.75 Å². The Morgan fingerprint density at radius 2 is 2.00 bits per heavy atom. The Morgan fingerprint density at radius 1 is 1.30 bits per heavy atom. The van der Waals surface area contributed by atoms with Crippen molar-refractivity contribution < 1.29 is 13.9 Å². The molecule has 0 saturated carbocycles. The van der Waals surface area contributed by atoms with Gasteiger partial charge in [-0.05, 0) is 0 Å². The smallest absolute Gasteiger partial charge is 0.225 e. The second-order valence-electron chi connectivity index (χ2n) is 5.69. The fraction of sp³-hybridized carbons (Fsp3) is 0.600. The molecule has 3 rings (SSSR count). The first kappa shape index (κ1) is 16.1. The van der Waals surface area contributed by atoms with Crippen molar-refractivity contribution in [2.75, 3.05) is 57.4 Å². The number of nitrogens with two attached hydrogens (primary N) is 1. The van der Waals surface area contributed by atoms with E-state index in [1.807, 2.05) is 0 Å². The van der Waals surface area contributed by atoms with E-state index in [4.69, 9.17) is 15.2 Å². The summed E-state index contributed by atoms with van der Waals surface area (Å²) >= 11 is 0. The third kappa shape index (κ3) is 3.95. The van der Waals surface area contributed by atoms with Crippen LogP contribution in [-0.2, 0) is 4.74 Å². The fourth-order valence-corrected chi connectivity index (χ4v) is 2.58. The highest BCUT2D eigenvalue weighted by atomic mass is 19.1. The molecule has 0 unspecified atom stereocenters. The number of nitrogens with zero attached hydrogens (tertiary/aromatic N) is 4. The van der Waals surface area contributed by atoms with E-state index in [1.165, 1.54) is 0 Å². The van der Waals surface area contributed by atoms with E-state index in [-0.39, 0.29) is 13.2 Å². The second kappa shape index (κ2) is 7.67. The zero-order chi connectivity index (χ0) is 16.1. The van der Waals surface area contributed by atoms with Gasteiger partial charge in [-0.2, -0.15) is 0 Å². The van der Waals surface area contributed by atoms with Crippen molar-refractivity contribution >= 4 is 5.95 Å². The third-order valence-corrected chi connectivity index (χ3v) is 4.19. The summed E-state index contributed by atoms with van der Waals surface area (Å²) in [5.41, 5.74) is 5.77. The minimum atomic E-state index is 0.109. The first-order chi connectivity index (χ1) is 11.3. The average molecular weight is 323 g/mol. The molecule has 2 aliphatic rings. The third-order valence-electron chi connectivity index (χ3n) is 4.19. The topological polar surface area (TPSA) is 76.7 Å². The summed E-state index contributed by atoms with van der Waals surface area (Å²) in [7, 11) is 0. The molecule has 0 aliphatic carbocycles. The highest BCUT2D eigenvalue weighted by molar-refractivity contribution is 5.32. The van der Waals surface area contributed by atoms with Gasteiger partial charge < -0.3 is 20.1 Å². The lowest BCUT2D eigenvalue weighted by Crippen LogP contribution is -2.56. The molecule has 0 atom stereocenters. The summed E-state index contributed by atoms with van der Waals surface area (Å²) in [5.74, 6) is 1.20. The van der Waals surface area contributed by atoms with Crippen LogP contribution in [0.3, 0.4) is 0 Å². The standard InChI is InChI=1S/C15H22FN5O2/c16-5-12(6-17)9-23-14-7-18-15(19-8-14)21-3-1-20(2-4-21)13-10-22-11-13/h5,7-8,13H,1-4,6,9-11,17H2/b12-5-. The molecular weight excluding hydrogens is 301 g/mol. The van der Waals surface area contributed by atoms with Crippen LogP contribution in [0.5, 0.6) is 5.75 Å².